The van der Waals surface area contributed by atoms with Gasteiger partial charge in [-0.05, 0) is 37.6 Å². The van der Waals surface area contributed by atoms with Gasteiger partial charge in [-0.1, -0.05) is 31.2 Å². The van der Waals surface area contributed by atoms with E-state index in [1.54, 1.807) is 0 Å². The number of nitrogens with one attached hydrogen (secondary N) is 1. The molecule has 1 atom stereocenters. The van der Waals surface area contributed by atoms with Gasteiger partial charge < -0.3 is 19.4 Å². The highest BCUT2D eigenvalue weighted by Crippen LogP contribution is 2.32. The van der Waals surface area contributed by atoms with Crippen molar-refractivity contribution in [2.45, 2.75) is 46.2 Å². The van der Waals surface area contributed by atoms with Crippen molar-refractivity contribution in [2.24, 2.45) is 0 Å². The number of ketones is 1. The SMILES string of the molecule is CCC(=O)c1c(C)n(CC(=O)N[C@@H](C)c2ccc3c(c2)OCCCO3)c2ccccc12. The highest BCUT2D eigenvalue weighted by molar-refractivity contribution is 6.09. The molecule has 6 heteroatoms. The second-order valence-corrected chi connectivity index (χ2v) is 7.89. The average molecular weight is 421 g/mol. The van der Waals surface area contributed by atoms with Gasteiger partial charge in [0.1, 0.15) is 6.54 Å². The van der Waals surface area contributed by atoms with E-state index in [2.05, 4.69) is 5.32 Å². The molecule has 1 amide bonds. The number of benzene rings is 2. The van der Waals surface area contributed by atoms with Gasteiger partial charge in [-0.25, -0.2) is 0 Å². The Labute approximate surface area is 182 Å². The summed E-state index contributed by atoms with van der Waals surface area (Å²) in [6, 6.07) is 13.3. The minimum Gasteiger partial charge on any atom is -0.490 e. The van der Waals surface area contributed by atoms with Crippen LogP contribution in [0.3, 0.4) is 0 Å². The summed E-state index contributed by atoms with van der Waals surface area (Å²) in [7, 11) is 0. The van der Waals surface area contributed by atoms with Crippen LogP contribution in [0.5, 0.6) is 11.5 Å². The van der Waals surface area contributed by atoms with Crippen LogP contribution >= 0.6 is 0 Å². The number of aromatic nitrogens is 1. The largest absolute Gasteiger partial charge is 0.490 e. The Hall–Kier alpha value is -3.28. The first-order valence-corrected chi connectivity index (χ1v) is 10.8. The molecule has 4 rings (SSSR count). The van der Waals surface area contributed by atoms with Gasteiger partial charge in [0.2, 0.25) is 5.91 Å². The zero-order valence-corrected chi connectivity index (χ0v) is 18.2. The van der Waals surface area contributed by atoms with E-state index in [4.69, 9.17) is 9.47 Å². The van der Waals surface area contributed by atoms with Gasteiger partial charge in [0.25, 0.3) is 0 Å². The Morgan fingerprint density at radius 1 is 1.10 bits per heavy atom. The van der Waals surface area contributed by atoms with E-state index >= 15 is 0 Å². The fourth-order valence-electron chi connectivity index (χ4n) is 4.13. The quantitative estimate of drug-likeness (QED) is 0.593. The Morgan fingerprint density at radius 2 is 1.84 bits per heavy atom. The van der Waals surface area contributed by atoms with Crippen molar-refractivity contribution in [3.05, 3.63) is 59.3 Å². The first-order valence-electron chi connectivity index (χ1n) is 10.8. The smallest absolute Gasteiger partial charge is 0.240 e. The third kappa shape index (κ3) is 4.15. The van der Waals surface area contributed by atoms with Crippen molar-refractivity contribution in [2.75, 3.05) is 13.2 Å². The van der Waals surface area contributed by atoms with Crippen molar-refractivity contribution >= 4 is 22.6 Å². The Kier molecular flexibility index (Phi) is 5.98. The summed E-state index contributed by atoms with van der Waals surface area (Å²) in [6.45, 7) is 7.13. The number of para-hydroxylation sites is 1. The number of rotatable bonds is 6. The van der Waals surface area contributed by atoms with Crippen molar-refractivity contribution in [3.63, 3.8) is 0 Å². The molecule has 3 aromatic rings. The molecule has 0 radical (unpaired) electrons. The number of amides is 1. The van der Waals surface area contributed by atoms with E-state index in [1.165, 1.54) is 0 Å². The molecule has 0 unspecified atom stereocenters. The van der Waals surface area contributed by atoms with Crippen LogP contribution in [0, 0.1) is 6.92 Å². The minimum absolute atomic E-state index is 0.0911. The predicted molar refractivity (Wildman–Crippen MR) is 120 cm³/mol. The monoisotopic (exact) mass is 420 g/mol. The summed E-state index contributed by atoms with van der Waals surface area (Å²) in [5.74, 6) is 1.43. The van der Waals surface area contributed by atoms with Crippen molar-refractivity contribution in [1.29, 1.82) is 0 Å². The van der Waals surface area contributed by atoms with Crippen LogP contribution in [0.15, 0.2) is 42.5 Å². The number of carbonyl (C=O) groups excluding carboxylic acids is 2. The molecule has 2 aromatic carbocycles. The molecule has 6 nitrogen and oxygen atoms in total. The van der Waals surface area contributed by atoms with Crippen LogP contribution in [-0.2, 0) is 11.3 Å². The van der Waals surface area contributed by atoms with Gasteiger partial charge in [-0.3, -0.25) is 9.59 Å². The van der Waals surface area contributed by atoms with Gasteiger partial charge in [-0.15, -0.1) is 0 Å². The first kappa shape index (κ1) is 21.0. The molecular formula is C25H28N2O4. The Balaban J connectivity index is 1.54. The van der Waals surface area contributed by atoms with E-state index in [-0.39, 0.29) is 24.3 Å². The van der Waals surface area contributed by atoms with Crippen molar-refractivity contribution in [3.8, 4) is 11.5 Å². The molecule has 31 heavy (non-hydrogen) atoms. The maximum absolute atomic E-state index is 12.9. The molecule has 1 aliphatic rings. The second-order valence-electron chi connectivity index (χ2n) is 7.89. The Bertz CT molecular complexity index is 1130. The summed E-state index contributed by atoms with van der Waals surface area (Å²) < 4.78 is 13.4. The molecule has 1 N–H and O–H groups in total. The van der Waals surface area contributed by atoms with Crippen LogP contribution in [-0.4, -0.2) is 29.5 Å². The topological polar surface area (TPSA) is 69.6 Å². The zero-order valence-electron chi connectivity index (χ0n) is 18.2. The second kappa shape index (κ2) is 8.84. The maximum atomic E-state index is 12.9. The first-order chi connectivity index (χ1) is 15.0. The Morgan fingerprint density at radius 3 is 2.61 bits per heavy atom. The fraction of sp³-hybridized carbons (Fsp3) is 0.360. The summed E-state index contributed by atoms with van der Waals surface area (Å²) in [5.41, 5.74) is 3.39. The molecule has 2 heterocycles. The molecule has 0 saturated heterocycles. The fourth-order valence-corrected chi connectivity index (χ4v) is 4.13. The zero-order chi connectivity index (χ0) is 22.0. The number of hydrogen-bond donors (Lipinski definition) is 1. The summed E-state index contributed by atoms with van der Waals surface area (Å²) in [4.78, 5) is 25.4. The molecule has 0 saturated carbocycles. The van der Waals surface area contributed by atoms with Crippen LogP contribution in [0.4, 0.5) is 0 Å². The molecule has 162 valence electrons. The van der Waals surface area contributed by atoms with E-state index in [9.17, 15) is 9.59 Å². The normalized spacial score (nSPS) is 14.2. The molecule has 0 fully saturated rings. The number of Topliss-reactive ketones (excluding diaryl/α,β-unsaturated/α-hetero) is 1. The number of carbonyl (C=O) groups is 2. The molecule has 0 spiro atoms. The number of ether oxygens (including phenoxy) is 2. The van der Waals surface area contributed by atoms with Crippen LogP contribution in [0.2, 0.25) is 0 Å². The third-order valence-corrected chi connectivity index (χ3v) is 5.78. The van der Waals surface area contributed by atoms with Crippen molar-refractivity contribution < 1.29 is 19.1 Å². The lowest BCUT2D eigenvalue weighted by atomic mass is 10.1. The number of fused-ring (bicyclic) bond motifs is 2. The van der Waals surface area contributed by atoms with Crippen molar-refractivity contribution in [1.82, 2.24) is 9.88 Å². The molecule has 1 aromatic heterocycles. The number of hydrogen-bond acceptors (Lipinski definition) is 4. The highest BCUT2D eigenvalue weighted by atomic mass is 16.5. The summed E-state index contributed by atoms with van der Waals surface area (Å²) in [5, 5.41) is 3.97. The number of nitrogens with zero attached hydrogens (tertiary/aromatic N) is 1. The lowest BCUT2D eigenvalue weighted by Crippen LogP contribution is -2.30. The van der Waals surface area contributed by atoms with Gasteiger partial charge >= 0.3 is 0 Å². The van der Waals surface area contributed by atoms with Crippen LogP contribution in [0.1, 0.15) is 54.3 Å². The molecular weight excluding hydrogens is 392 g/mol. The van der Waals surface area contributed by atoms with E-state index in [0.717, 1.165) is 34.3 Å². The third-order valence-electron chi connectivity index (χ3n) is 5.78. The lowest BCUT2D eigenvalue weighted by molar-refractivity contribution is -0.122. The van der Waals surface area contributed by atoms with E-state index in [1.807, 2.05) is 67.8 Å². The van der Waals surface area contributed by atoms with Gasteiger partial charge in [0.15, 0.2) is 17.3 Å². The molecule has 0 bridgehead atoms. The average Bonchev–Trinajstić information content (AvgIpc) is 2.92. The predicted octanol–water partition coefficient (Wildman–Crippen LogP) is 4.58. The van der Waals surface area contributed by atoms with Crippen LogP contribution < -0.4 is 14.8 Å². The van der Waals surface area contributed by atoms with Gasteiger partial charge in [0, 0.05) is 35.0 Å². The van der Waals surface area contributed by atoms with Gasteiger partial charge in [-0.2, -0.15) is 0 Å². The summed E-state index contributed by atoms with van der Waals surface area (Å²) >= 11 is 0. The highest BCUT2D eigenvalue weighted by Gasteiger charge is 2.21. The van der Waals surface area contributed by atoms with E-state index in [0.29, 0.717) is 30.9 Å². The summed E-state index contributed by atoms with van der Waals surface area (Å²) in [6.07, 6.45) is 1.28. The van der Waals surface area contributed by atoms with Gasteiger partial charge in [0.05, 0.1) is 19.3 Å². The maximum Gasteiger partial charge on any atom is 0.240 e. The molecule has 0 aliphatic carbocycles. The lowest BCUT2D eigenvalue weighted by Gasteiger charge is -2.17. The minimum atomic E-state index is -0.191. The molecule has 1 aliphatic heterocycles. The van der Waals surface area contributed by atoms with Crippen LogP contribution in [0.25, 0.3) is 10.9 Å². The van der Waals surface area contributed by atoms with E-state index < -0.39 is 0 Å². The standard InChI is InChI=1S/C25H28N2O4/c1-4-21(28)25-17(3)27(20-9-6-5-8-19(20)25)15-24(29)26-16(2)18-10-11-22-23(14-18)31-13-7-12-30-22/h5-6,8-11,14,16H,4,7,12-13,15H2,1-3H3,(H,26,29)/t16-/m0/s1.